The van der Waals surface area contributed by atoms with Gasteiger partial charge in [-0.1, -0.05) is 43.5 Å². The number of benzene rings is 2. The van der Waals surface area contributed by atoms with Crippen molar-refractivity contribution in [3.8, 4) is 11.3 Å². The standard InChI is InChI=1S/C26H27NO3/c1-15-8-7-11-19-18(15)12-13-20-23(19)25(29)24(28)22-16(2)21(30-26(20)22)14-27(3)17-9-5-4-6-10-17/h7-8,11-13,17H,4-6,9-10,14H2,1-3H3. The van der Waals surface area contributed by atoms with Crippen LogP contribution in [0.3, 0.4) is 0 Å². The average Bonchev–Trinajstić information content (AvgIpc) is 3.08. The molecule has 1 aromatic heterocycles. The summed E-state index contributed by atoms with van der Waals surface area (Å²) in [6, 6.07) is 10.4. The summed E-state index contributed by atoms with van der Waals surface area (Å²) in [5.74, 6) is 0.484. The highest BCUT2D eigenvalue weighted by Gasteiger charge is 2.37. The number of aryl methyl sites for hydroxylation is 1. The van der Waals surface area contributed by atoms with E-state index in [1.165, 1.54) is 32.1 Å². The molecule has 0 N–H and O–H groups in total. The third-order valence-electron chi connectivity index (χ3n) is 7.02. The van der Waals surface area contributed by atoms with Crippen LogP contribution in [0.1, 0.15) is 69.7 Å². The van der Waals surface area contributed by atoms with Gasteiger partial charge in [0.25, 0.3) is 0 Å². The molecule has 0 spiro atoms. The average molecular weight is 402 g/mol. The summed E-state index contributed by atoms with van der Waals surface area (Å²) in [6.45, 7) is 4.59. The normalized spacial score (nSPS) is 16.9. The van der Waals surface area contributed by atoms with Gasteiger partial charge in [0.2, 0.25) is 11.6 Å². The Hall–Kier alpha value is -2.72. The molecule has 0 bridgehead atoms. The molecule has 2 aliphatic carbocycles. The van der Waals surface area contributed by atoms with Crippen LogP contribution < -0.4 is 0 Å². The molecular weight excluding hydrogens is 374 g/mol. The molecule has 0 unspecified atom stereocenters. The maximum atomic E-state index is 13.1. The smallest absolute Gasteiger partial charge is 0.237 e. The van der Waals surface area contributed by atoms with Gasteiger partial charge in [-0.3, -0.25) is 14.5 Å². The number of ketones is 2. The molecule has 154 valence electrons. The van der Waals surface area contributed by atoms with Gasteiger partial charge in [0.05, 0.1) is 12.1 Å². The minimum Gasteiger partial charge on any atom is -0.459 e. The van der Waals surface area contributed by atoms with E-state index in [9.17, 15) is 9.59 Å². The van der Waals surface area contributed by atoms with E-state index in [-0.39, 0.29) is 0 Å². The fraction of sp³-hybridized carbons (Fsp3) is 0.385. The highest BCUT2D eigenvalue weighted by Crippen LogP contribution is 2.42. The number of hydrogen-bond donors (Lipinski definition) is 0. The van der Waals surface area contributed by atoms with Crippen molar-refractivity contribution in [1.29, 1.82) is 0 Å². The van der Waals surface area contributed by atoms with E-state index in [1.54, 1.807) is 0 Å². The molecule has 1 heterocycles. The molecule has 0 radical (unpaired) electrons. The lowest BCUT2D eigenvalue weighted by Crippen LogP contribution is -2.32. The number of nitrogens with zero attached hydrogens (tertiary/aromatic N) is 1. The Morgan fingerprint density at radius 1 is 0.933 bits per heavy atom. The molecule has 0 saturated heterocycles. The zero-order valence-corrected chi connectivity index (χ0v) is 17.9. The minimum absolute atomic E-state index is 0.426. The topological polar surface area (TPSA) is 50.5 Å². The van der Waals surface area contributed by atoms with Gasteiger partial charge in [0.15, 0.2) is 0 Å². The summed E-state index contributed by atoms with van der Waals surface area (Å²) in [4.78, 5) is 28.6. The van der Waals surface area contributed by atoms with Gasteiger partial charge < -0.3 is 4.42 Å². The van der Waals surface area contributed by atoms with Crippen LogP contribution in [-0.2, 0) is 6.54 Å². The quantitative estimate of drug-likeness (QED) is 0.516. The Balaban J connectivity index is 1.61. The third kappa shape index (κ3) is 2.85. The summed E-state index contributed by atoms with van der Waals surface area (Å²) in [7, 11) is 2.13. The maximum absolute atomic E-state index is 13.1. The highest BCUT2D eigenvalue weighted by atomic mass is 16.3. The monoisotopic (exact) mass is 401 g/mol. The zero-order chi connectivity index (χ0) is 21.0. The Morgan fingerprint density at radius 3 is 2.43 bits per heavy atom. The first-order chi connectivity index (χ1) is 14.5. The van der Waals surface area contributed by atoms with Gasteiger partial charge in [-0.2, -0.15) is 0 Å². The number of hydrogen-bond acceptors (Lipinski definition) is 4. The second-order valence-corrected chi connectivity index (χ2v) is 8.88. The first kappa shape index (κ1) is 19.3. The number of furan rings is 1. The molecule has 30 heavy (non-hydrogen) atoms. The van der Waals surface area contributed by atoms with Crippen LogP contribution in [0, 0.1) is 13.8 Å². The van der Waals surface area contributed by atoms with Gasteiger partial charge in [0, 0.05) is 22.7 Å². The van der Waals surface area contributed by atoms with E-state index in [4.69, 9.17) is 4.42 Å². The van der Waals surface area contributed by atoms with Gasteiger partial charge in [-0.15, -0.1) is 0 Å². The van der Waals surface area contributed by atoms with Gasteiger partial charge in [-0.05, 0) is 56.1 Å². The lowest BCUT2D eigenvalue weighted by Gasteiger charge is -2.30. The van der Waals surface area contributed by atoms with Crippen LogP contribution >= 0.6 is 0 Å². The van der Waals surface area contributed by atoms with Crippen molar-refractivity contribution in [2.24, 2.45) is 0 Å². The van der Waals surface area contributed by atoms with Crippen LogP contribution in [0.4, 0.5) is 0 Å². The Kier molecular flexibility index (Phi) is 4.62. The third-order valence-corrected chi connectivity index (χ3v) is 7.02. The largest absolute Gasteiger partial charge is 0.459 e. The summed E-state index contributed by atoms with van der Waals surface area (Å²) in [6.07, 6.45) is 6.29. The molecule has 0 atom stereocenters. The fourth-order valence-corrected chi connectivity index (χ4v) is 5.23. The second-order valence-electron chi connectivity index (χ2n) is 8.88. The molecule has 0 aliphatic heterocycles. The van der Waals surface area contributed by atoms with E-state index >= 15 is 0 Å². The van der Waals surface area contributed by atoms with Crippen molar-refractivity contribution in [2.75, 3.05) is 7.05 Å². The van der Waals surface area contributed by atoms with Crippen molar-refractivity contribution < 1.29 is 14.0 Å². The van der Waals surface area contributed by atoms with E-state index in [0.29, 0.717) is 29.5 Å². The van der Waals surface area contributed by atoms with E-state index < -0.39 is 11.6 Å². The van der Waals surface area contributed by atoms with E-state index in [2.05, 4.69) is 11.9 Å². The van der Waals surface area contributed by atoms with Crippen LogP contribution in [0.25, 0.3) is 22.1 Å². The van der Waals surface area contributed by atoms with Crippen molar-refractivity contribution >= 4 is 22.3 Å². The number of fused-ring (bicyclic) bond motifs is 5. The molecule has 1 saturated carbocycles. The van der Waals surface area contributed by atoms with Crippen LogP contribution in [0.2, 0.25) is 0 Å². The first-order valence-corrected chi connectivity index (χ1v) is 10.9. The van der Waals surface area contributed by atoms with Gasteiger partial charge >= 0.3 is 0 Å². The number of carbonyl (C=O) groups is 2. The number of rotatable bonds is 3. The summed E-state index contributed by atoms with van der Waals surface area (Å²) >= 11 is 0. The van der Waals surface area contributed by atoms with Crippen molar-refractivity contribution in [1.82, 2.24) is 4.90 Å². The van der Waals surface area contributed by atoms with E-state index in [1.807, 2.05) is 44.2 Å². The first-order valence-electron chi connectivity index (χ1n) is 10.9. The van der Waals surface area contributed by atoms with Gasteiger partial charge in [-0.25, -0.2) is 0 Å². The van der Waals surface area contributed by atoms with Crippen LogP contribution in [0.5, 0.6) is 0 Å². The van der Waals surface area contributed by atoms with Crippen LogP contribution in [-0.4, -0.2) is 29.6 Å². The fourth-order valence-electron chi connectivity index (χ4n) is 5.23. The minimum atomic E-state index is -0.445. The lowest BCUT2D eigenvalue weighted by atomic mass is 9.83. The Morgan fingerprint density at radius 2 is 1.67 bits per heavy atom. The molecule has 4 nitrogen and oxygen atoms in total. The van der Waals surface area contributed by atoms with Crippen LogP contribution in [0.15, 0.2) is 34.7 Å². The Bertz CT molecular complexity index is 1180. The summed E-state index contributed by atoms with van der Waals surface area (Å²) in [5.41, 5.74) is 3.57. The lowest BCUT2D eigenvalue weighted by molar-refractivity contribution is 0.0815. The second kappa shape index (κ2) is 7.21. The maximum Gasteiger partial charge on any atom is 0.237 e. The number of Topliss-reactive ketones (excluding diaryl/α,β-unsaturated/α-hetero) is 2. The van der Waals surface area contributed by atoms with Crippen molar-refractivity contribution in [3.63, 3.8) is 0 Å². The Labute approximate surface area is 176 Å². The molecule has 4 heteroatoms. The molecule has 5 rings (SSSR count). The van der Waals surface area contributed by atoms with Crippen molar-refractivity contribution in [3.05, 3.63) is 58.3 Å². The van der Waals surface area contributed by atoms with Gasteiger partial charge in [0.1, 0.15) is 11.5 Å². The summed E-state index contributed by atoms with van der Waals surface area (Å²) < 4.78 is 6.31. The number of carbonyl (C=O) groups excluding carboxylic acids is 2. The molecule has 0 amide bonds. The predicted molar refractivity (Wildman–Crippen MR) is 118 cm³/mol. The molecule has 3 aromatic rings. The van der Waals surface area contributed by atoms with E-state index in [0.717, 1.165) is 33.2 Å². The molecular formula is C26H27NO3. The summed E-state index contributed by atoms with van der Waals surface area (Å²) in [5, 5.41) is 1.83. The highest BCUT2D eigenvalue weighted by molar-refractivity contribution is 6.54. The van der Waals surface area contributed by atoms with Crippen molar-refractivity contribution in [2.45, 2.75) is 58.5 Å². The predicted octanol–water partition coefficient (Wildman–Crippen LogP) is 5.86. The molecule has 1 fully saturated rings. The zero-order valence-electron chi connectivity index (χ0n) is 17.9. The SMILES string of the molecule is Cc1c(CN(C)C2CCCCC2)oc2c1C(=O)C(=O)c1c-2ccc2c(C)cccc12. The molecule has 2 aliphatic rings. The molecule has 2 aromatic carbocycles.